The number of nitrogens with one attached hydrogen (secondary N) is 2. The second kappa shape index (κ2) is 5.49. The van der Waals surface area contributed by atoms with E-state index >= 15 is 0 Å². The zero-order valence-corrected chi connectivity index (χ0v) is 9.95. The molecule has 3 atom stereocenters. The number of piperidine rings is 1. The highest BCUT2D eigenvalue weighted by Gasteiger charge is 2.27. The van der Waals surface area contributed by atoms with Crippen LogP contribution >= 0.6 is 0 Å². The summed E-state index contributed by atoms with van der Waals surface area (Å²) in [4.78, 5) is 22.9. The third-order valence-electron chi connectivity index (χ3n) is 3.63. The van der Waals surface area contributed by atoms with Crippen LogP contribution in [0.3, 0.4) is 0 Å². The van der Waals surface area contributed by atoms with E-state index in [2.05, 4.69) is 10.6 Å². The quantitative estimate of drug-likeness (QED) is 0.632. The number of hydrogen-bond acceptors (Lipinski definition) is 3. The molecule has 1 aliphatic heterocycles. The normalized spacial score (nSPS) is 33.9. The lowest BCUT2D eigenvalue weighted by atomic mass is 9.91. The fraction of sp³-hybridized carbons (Fsp3) is 0.833. The standard InChI is InChI=1S/C12H20N2O3/c15-10-3-1-2-9(6-10)14-12(17)8-4-5-11(16)13-7-8/h8-10,15H,1-7H2,(H,13,16)(H,14,17). The number of carbonyl (C=O) groups excluding carboxylic acids is 2. The molecule has 3 N–H and O–H groups in total. The van der Waals surface area contributed by atoms with Crippen LogP contribution in [-0.2, 0) is 9.59 Å². The molecule has 0 spiro atoms. The predicted molar refractivity (Wildman–Crippen MR) is 62.1 cm³/mol. The molecule has 2 aliphatic rings. The molecule has 0 aromatic carbocycles. The number of aliphatic hydroxyl groups is 1. The van der Waals surface area contributed by atoms with Gasteiger partial charge in [-0.25, -0.2) is 0 Å². The van der Waals surface area contributed by atoms with Gasteiger partial charge in [0.05, 0.1) is 12.0 Å². The summed E-state index contributed by atoms with van der Waals surface area (Å²) in [5.74, 6) is -0.0574. The Morgan fingerprint density at radius 3 is 2.82 bits per heavy atom. The van der Waals surface area contributed by atoms with Crippen LogP contribution in [0.5, 0.6) is 0 Å². The highest BCUT2D eigenvalue weighted by molar-refractivity contribution is 5.83. The van der Waals surface area contributed by atoms with E-state index in [4.69, 9.17) is 0 Å². The van der Waals surface area contributed by atoms with Gasteiger partial charge in [-0.3, -0.25) is 9.59 Å². The maximum absolute atomic E-state index is 11.9. The minimum absolute atomic E-state index is 0.0177. The van der Waals surface area contributed by atoms with Crippen LogP contribution < -0.4 is 10.6 Å². The Bertz CT molecular complexity index is 296. The molecule has 1 heterocycles. The molecule has 3 unspecified atom stereocenters. The molecule has 1 saturated carbocycles. The van der Waals surface area contributed by atoms with Crippen molar-refractivity contribution in [2.24, 2.45) is 5.92 Å². The number of hydrogen-bond donors (Lipinski definition) is 3. The van der Waals surface area contributed by atoms with Crippen molar-refractivity contribution < 1.29 is 14.7 Å². The fourth-order valence-electron chi connectivity index (χ4n) is 2.57. The molecule has 2 rings (SSSR count). The SMILES string of the molecule is O=C1CCC(C(=O)NC2CCCC(O)C2)CN1. The van der Waals surface area contributed by atoms with Crippen LogP contribution in [0.15, 0.2) is 0 Å². The zero-order valence-electron chi connectivity index (χ0n) is 9.95. The first-order chi connectivity index (χ1) is 8.15. The van der Waals surface area contributed by atoms with Gasteiger partial charge < -0.3 is 15.7 Å². The third kappa shape index (κ3) is 3.43. The Balaban J connectivity index is 1.78. The van der Waals surface area contributed by atoms with Crippen LogP contribution in [-0.4, -0.2) is 35.6 Å². The molecule has 0 radical (unpaired) electrons. The van der Waals surface area contributed by atoms with E-state index in [9.17, 15) is 14.7 Å². The van der Waals surface area contributed by atoms with Crippen LogP contribution in [0.1, 0.15) is 38.5 Å². The third-order valence-corrected chi connectivity index (χ3v) is 3.63. The van der Waals surface area contributed by atoms with E-state index < -0.39 is 0 Å². The van der Waals surface area contributed by atoms with E-state index in [1.54, 1.807) is 0 Å². The molecule has 2 amide bonds. The number of carbonyl (C=O) groups is 2. The number of amides is 2. The average molecular weight is 240 g/mol. The van der Waals surface area contributed by atoms with Gasteiger partial charge in [-0.1, -0.05) is 0 Å². The highest BCUT2D eigenvalue weighted by Crippen LogP contribution is 2.19. The summed E-state index contributed by atoms with van der Waals surface area (Å²) < 4.78 is 0. The molecule has 1 aliphatic carbocycles. The van der Waals surface area contributed by atoms with Gasteiger partial charge >= 0.3 is 0 Å². The van der Waals surface area contributed by atoms with Crippen LogP contribution in [0.4, 0.5) is 0 Å². The van der Waals surface area contributed by atoms with E-state index in [1.807, 2.05) is 0 Å². The fourth-order valence-corrected chi connectivity index (χ4v) is 2.57. The molecule has 0 bridgehead atoms. The van der Waals surface area contributed by atoms with Crippen molar-refractivity contribution >= 4 is 11.8 Å². The molecule has 5 heteroatoms. The summed E-state index contributed by atoms with van der Waals surface area (Å²) in [5, 5.41) is 15.2. The van der Waals surface area contributed by atoms with Crippen LogP contribution in [0, 0.1) is 5.92 Å². The molecule has 0 aromatic heterocycles. The van der Waals surface area contributed by atoms with Gasteiger partial charge in [0, 0.05) is 19.0 Å². The summed E-state index contributed by atoms with van der Waals surface area (Å²) in [6.45, 7) is 0.444. The molecule has 0 aromatic rings. The Kier molecular flexibility index (Phi) is 3.99. The van der Waals surface area contributed by atoms with Gasteiger partial charge in [-0.05, 0) is 32.1 Å². The second-order valence-corrected chi connectivity index (χ2v) is 5.07. The molecule has 96 valence electrons. The average Bonchev–Trinajstić information content (AvgIpc) is 2.29. The molecule has 2 fully saturated rings. The Labute approximate surface area is 101 Å². The van der Waals surface area contributed by atoms with Crippen molar-refractivity contribution in [1.82, 2.24) is 10.6 Å². The van der Waals surface area contributed by atoms with Gasteiger partial charge in [-0.2, -0.15) is 0 Å². The van der Waals surface area contributed by atoms with Crippen LogP contribution in [0.2, 0.25) is 0 Å². The summed E-state index contributed by atoms with van der Waals surface area (Å²) >= 11 is 0. The number of rotatable bonds is 2. The highest BCUT2D eigenvalue weighted by atomic mass is 16.3. The monoisotopic (exact) mass is 240 g/mol. The predicted octanol–water partition coefficient (Wildman–Crippen LogP) is -0.0677. The van der Waals surface area contributed by atoms with Gasteiger partial charge in [-0.15, -0.1) is 0 Å². The minimum Gasteiger partial charge on any atom is -0.393 e. The number of aliphatic hydroxyl groups excluding tert-OH is 1. The van der Waals surface area contributed by atoms with Gasteiger partial charge in [0.1, 0.15) is 0 Å². The van der Waals surface area contributed by atoms with E-state index in [0.717, 1.165) is 19.3 Å². The van der Waals surface area contributed by atoms with Crippen LogP contribution in [0.25, 0.3) is 0 Å². The summed E-state index contributed by atoms with van der Waals surface area (Å²) in [6.07, 6.45) is 4.20. The molecule has 17 heavy (non-hydrogen) atoms. The van der Waals surface area contributed by atoms with Crippen molar-refractivity contribution in [1.29, 1.82) is 0 Å². The summed E-state index contributed by atoms with van der Waals surface area (Å²) in [5.41, 5.74) is 0. The first kappa shape index (κ1) is 12.4. The maximum atomic E-state index is 11.9. The second-order valence-electron chi connectivity index (χ2n) is 5.07. The van der Waals surface area contributed by atoms with Gasteiger partial charge in [0.2, 0.25) is 11.8 Å². The molecule has 5 nitrogen and oxygen atoms in total. The summed E-state index contributed by atoms with van der Waals surface area (Å²) in [6, 6.07) is 0.101. The lowest BCUT2D eigenvalue weighted by molar-refractivity contribution is -0.129. The first-order valence-corrected chi connectivity index (χ1v) is 6.40. The summed E-state index contributed by atoms with van der Waals surface area (Å²) in [7, 11) is 0. The van der Waals surface area contributed by atoms with Gasteiger partial charge in [0.25, 0.3) is 0 Å². The van der Waals surface area contributed by atoms with Crippen molar-refractivity contribution in [3.05, 3.63) is 0 Å². The Morgan fingerprint density at radius 1 is 1.35 bits per heavy atom. The smallest absolute Gasteiger partial charge is 0.225 e. The van der Waals surface area contributed by atoms with E-state index in [-0.39, 0.29) is 29.9 Å². The molecular weight excluding hydrogens is 220 g/mol. The largest absolute Gasteiger partial charge is 0.393 e. The maximum Gasteiger partial charge on any atom is 0.225 e. The zero-order chi connectivity index (χ0) is 12.3. The molecular formula is C12H20N2O3. The Hall–Kier alpha value is -1.10. The van der Waals surface area contributed by atoms with Gasteiger partial charge in [0.15, 0.2) is 0 Å². The van der Waals surface area contributed by atoms with Crippen molar-refractivity contribution in [3.63, 3.8) is 0 Å². The lowest BCUT2D eigenvalue weighted by Crippen LogP contribution is -2.47. The first-order valence-electron chi connectivity index (χ1n) is 6.40. The minimum atomic E-state index is -0.278. The Morgan fingerprint density at radius 2 is 2.18 bits per heavy atom. The lowest BCUT2D eigenvalue weighted by Gasteiger charge is -2.29. The van der Waals surface area contributed by atoms with Crippen molar-refractivity contribution in [3.8, 4) is 0 Å². The van der Waals surface area contributed by atoms with Crippen molar-refractivity contribution in [2.45, 2.75) is 50.7 Å². The van der Waals surface area contributed by atoms with E-state index in [1.165, 1.54) is 0 Å². The molecule has 1 saturated heterocycles. The van der Waals surface area contributed by atoms with E-state index in [0.29, 0.717) is 25.8 Å². The van der Waals surface area contributed by atoms with Crippen molar-refractivity contribution in [2.75, 3.05) is 6.54 Å². The topological polar surface area (TPSA) is 78.4 Å².